The number of rotatable bonds is 3. The van der Waals surface area contributed by atoms with Gasteiger partial charge in [-0.15, -0.1) is 0 Å². The predicted octanol–water partition coefficient (Wildman–Crippen LogP) is 2.04. The lowest BCUT2D eigenvalue weighted by atomic mass is 10.1. The molecular formula is C14H15FN2O3. The summed E-state index contributed by atoms with van der Waals surface area (Å²) in [7, 11) is 0. The molecule has 0 atom stereocenters. The first-order valence-electron chi connectivity index (χ1n) is 6.37. The van der Waals surface area contributed by atoms with E-state index in [0.29, 0.717) is 6.54 Å². The van der Waals surface area contributed by atoms with Crippen molar-refractivity contribution in [3.8, 4) is 0 Å². The normalized spacial score (nSPS) is 10.8. The summed E-state index contributed by atoms with van der Waals surface area (Å²) in [6.07, 6.45) is 1.37. The molecule has 5 nitrogen and oxygen atoms in total. The van der Waals surface area contributed by atoms with Gasteiger partial charge in [-0.3, -0.25) is 4.79 Å². The molecule has 0 aliphatic rings. The summed E-state index contributed by atoms with van der Waals surface area (Å²) in [6.45, 7) is 5.65. The highest BCUT2D eigenvalue weighted by atomic mass is 19.1. The average molecular weight is 278 g/mol. The Morgan fingerprint density at radius 1 is 1.45 bits per heavy atom. The van der Waals surface area contributed by atoms with Gasteiger partial charge in [0.1, 0.15) is 11.2 Å². The molecule has 0 fully saturated rings. The van der Waals surface area contributed by atoms with Crippen molar-refractivity contribution in [3.05, 3.63) is 39.6 Å². The van der Waals surface area contributed by atoms with Gasteiger partial charge in [-0.05, 0) is 26.8 Å². The number of carbonyl (C=O) groups excluding carboxylic acids is 1. The third-order valence-corrected chi connectivity index (χ3v) is 3.01. The summed E-state index contributed by atoms with van der Waals surface area (Å²) in [5, 5.41) is 0.219. The van der Waals surface area contributed by atoms with Crippen LogP contribution in [0.5, 0.6) is 0 Å². The van der Waals surface area contributed by atoms with Crippen molar-refractivity contribution in [2.24, 2.45) is 0 Å². The van der Waals surface area contributed by atoms with E-state index in [1.165, 1.54) is 19.2 Å². The number of nitrogens with zero attached hydrogens (tertiary/aromatic N) is 2. The molecule has 0 aromatic carbocycles. The molecule has 0 saturated heterocycles. The van der Waals surface area contributed by atoms with Gasteiger partial charge in [-0.25, -0.2) is 9.78 Å². The van der Waals surface area contributed by atoms with Crippen molar-refractivity contribution in [3.63, 3.8) is 0 Å². The van der Waals surface area contributed by atoms with E-state index in [0.717, 1.165) is 0 Å². The van der Waals surface area contributed by atoms with Crippen LogP contribution in [0.25, 0.3) is 11.0 Å². The molecule has 0 bridgehead atoms. The van der Waals surface area contributed by atoms with Crippen molar-refractivity contribution in [2.45, 2.75) is 27.3 Å². The molecule has 0 spiro atoms. The fourth-order valence-corrected chi connectivity index (χ4v) is 1.98. The Bertz CT molecular complexity index is 737. The van der Waals surface area contributed by atoms with Gasteiger partial charge >= 0.3 is 5.97 Å². The summed E-state index contributed by atoms with van der Waals surface area (Å²) in [5.74, 6) is -1.30. The maximum absolute atomic E-state index is 13.6. The highest BCUT2D eigenvalue weighted by Gasteiger charge is 2.18. The van der Waals surface area contributed by atoms with Crippen molar-refractivity contribution >= 4 is 17.0 Å². The number of pyridine rings is 2. The first kappa shape index (κ1) is 14.2. The second kappa shape index (κ2) is 5.40. The van der Waals surface area contributed by atoms with Crippen LogP contribution in [0, 0.1) is 12.9 Å². The largest absolute Gasteiger partial charge is 0.462 e. The highest BCUT2D eigenvalue weighted by molar-refractivity contribution is 5.93. The molecule has 0 N–H and O–H groups in total. The zero-order valence-corrected chi connectivity index (χ0v) is 11.6. The lowest BCUT2D eigenvalue weighted by Crippen LogP contribution is -2.21. The number of fused-ring (bicyclic) bond motifs is 1. The van der Waals surface area contributed by atoms with Gasteiger partial charge in [0.05, 0.1) is 12.0 Å². The summed E-state index contributed by atoms with van der Waals surface area (Å²) in [4.78, 5) is 27.9. The molecule has 0 amide bonds. The number of ether oxygens (including phenoxy) is 1. The Morgan fingerprint density at radius 3 is 2.75 bits per heavy atom. The molecule has 2 aromatic rings. The minimum absolute atomic E-state index is 0.0611. The summed E-state index contributed by atoms with van der Waals surface area (Å²) in [6, 6.07) is 1.41. The Morgan fingerprint density at radius 2 is 2.15 bits per heavy atom. The second-order valence-electron chi connectivity index (χ2n) is 4.35. The summed E-state index contributed by atoms with van der Waals surface area (Å²) < 4.78 is 20.0. The van der Waals surface area contributed by atoms with E-state index in [1.54, 1.807) is 11.5 Å². The van der Waals surface area contributed by atoms with Crippen LogP contribution in [0.1, 0.15) is 29.8 Å². The Kier molecular flexibility index (Phi) is 3.83. The fraction of sp³-hybridized carbons (Fsp3) is 0.357. The van der Waals surface area contributed by atoms with Gasteiger partial charge in [0.2, 0.25) is 11.4 Å². The fourth-order valence-electron chi connectivity index (χ4n) is 1.98. The third-order valence-electron chi connectivity index (χ3n) is 3.01. The number of hydrogen-bond acceptors (Lipinski definition) is 4. The van der Waals surface area contributed by atoms with E-state index in [9.17, 15) is 14.0 Å². The molecule has 106 valence electrons. The number of aryl methyl sites for hydroxylation is 2. The minimum Gasteiger partial charge on any atom is -0.462 e. The van der Waals surface area contributed by atoms with Crippen LogP contribution in [-0.2, 0) is 11.3 Å². The van der Waals surface area contributed by atoms with E-state index in [-0.39, 0.29) is 28.8 Å². The SMILES string of the molecule is CCOC(=O)c1cn(CC)c2nc(F)c(C)cc2c1=O. The molecular weight excluding hydrogens is 263 g/mol. The van der Waals surface area contributed by atoms with Crippen molar-refractivity contribution in [1.82, 2.24) is 9.55 Å². The maximum atomic E-state index is 13.6. The summed E-state index contributed by atoms with van der Waals surface area (Å²) >= 11 is 0. The average Bonchev–Trinajstić information content (AvgIpc) is 2.42. The van der Waals surface area contributed by atoms with Gasteiger partial charge in [0, 0.05) is 18.3 Å². The number of aromatic nitrogens is 2. The first-order chi connectivity index (χ1) is 9.49. The molecule has 0 saturated carbocycles. The number of halogens is 1. The minimum atomic E-state index is -0.677. The lowest BCUT2D eigenvalue weighted by molar-refractivity contribution is 0.0524. The van der Waals surface area contributed by atoms with Crippen LogP contribution in [0.3, 0.4) is 0 Å². The zero-order chi connectivity index (χ0) is 14.9. The predicted molar refractivity (Wildman–Crippen MR) is 72.3 cm³/mol. The molecule has 0 unspecified atom stereocenters. The van der Waals surface area contributed by atoms with Crippen molar-refractivity contribution in [2.75, 3.05) is 6.61 Å². The van der Waals surface area contributed by atoms with E-state index < -0.39 is 17.3 Å². The molecule has 2 heterocycles. The van der Waals surface area contributed by atoms with Crippen LogP contribution in [0.15, 0.2) is 17.1 Å². The topological polar surface area (TPSA) is 61.2 Å². The van der Waals surface area contributed by atoms with E-state index in [4.69, 9.17) is 4.74 Å². The van der Waals surface area contributed by atoms with Gasteiger partial charge in [-0.2, -0.15) is 4.39 Å². The van der Waals surface area contributed by atoms with Gasteiger partial charge in [0.25, 0.3) is 0 Å². The highest BCUT2D eigenvalue weighted by Crippen LogP contribution is 2.14. The van der Waals surface area contributed by atoms with Crippen molar-refractivity contribution < 1.29 is 13.9 Å². The molecule has 20 heavy (non-hydrogen) atoms. The van der Waals surface area contributed by atoms with Gasteiger partial charge < -0.3 is 9.30 Å². The van der Waals surface area contributed by atoms with E-state index >= 15 is 0 Å². The monoisotopic (exact) mass is 278 g/mol. The van der Waals surface area contributed by atoms with Crippen LogP contribution < -0.4 is 5.43 Å². The summed E-state index contributed by atoms with van der Waals surface area (Å²) in [5.41, 5.74) is -0.0559. The van der Waals surface area contributed by atoms with Crippen LogP contribution >= 0.6 is 0 Å². The molecule has 2 aromatic heterocycles. The molecule has 2 rings (SSSR count). The standard InChI is InChI=1S/C14H15FN2O3/c1-4-17-7-10(14(19)20-5-2)11(18)9-6-8(3)12(15)16-13(9)17/h6-7H,4-5H2,1-3H3. The molecule has 6 heteroatoms. The van der Waals surface area contributed by atoms with Crippen LogP contribution in [0.2, 0.25) is 0 Å². The lowest BCUT2D eigenvalue weighted by Gasteiger charge is -2.11. The smallest absolute Gasteiger partial charge is 0.343 e. The molecule has 0 radical (unpaired) electrons. The van der Waals surface area contributed by atoms with E-state index in [1.807, 2.05) is 6.92 Å². The Hall–Kier alpha value is -2.24. The zero-order valence-electron chi connectivity index (χ0n) is 11.6. The van der Waals surface area contributed by atoms with Gasteiger partial charge in [-0.1, -0.05) is 0 Å². The Balaban J connectivity index is 2.81. The number of esters is 1. The quantitative estimate of drug-likeness (QED) is 0.636. The van der Waals surface area contributed by atoms with Crippen LogP contribution in [-0.4, -0.2) is 22.1 Å². The molecule has 0 aliphatic carbocycles. The maximum Gasteiger partial charge on any atom is 0.343 e. The van der Waals surface area contributed by atoms with E-state index in [2.05, 4.69) is 4.98 Å². The van der Waals surface area contributed by atoms with Gasteiger partial charge in [0.15, 0.2) is 0 Å². The number of hydrogen-bond donors (Lipinski definition) is 0. The number of carbonyl (C=O) groups is 1. The third kappa shape index (κ3) is 2.29. The molecule has 0 aliphatic heterocycles. The van der Waals surface area contributed by atoms with Crippen LogP contribution in [0.4, 0.5) is 4.39 Å². The van der Waals surface area contributed by atoms with Crippen molar-refractivity contribution in [1.29, 1.82) is 0 Å². The first-order valence-corrected chi connectivity index (χ1v) is 6.37. The second-order valence-corrected chi connectivity index (χ2v) is 4.35. The Labute approximate surface area is 115 Å².